The summed E-state index contributed by atoms with van der Waals surface area (Å²) in [6, 6.07) is 4.97. The lowest BCUT2D eigenvalue weighted by Gasteiger charge is -2.25. The first kappa shape index (κ1) is 16.5. The lowest BCUT2D eigenvalue weighted by molar-refractivity contribution is -0.0507. The second kappa shape index (κ2) is 6.94. The molecule has 1 heterocycles. The second-order valence-corrected chi connectivity index (χ2v) is 6.65. The molecule has 6 heteroatoms. The van der Waals surface area contributed by atoms with Gasteiger partial charge in [-0.3, -0.25) is 0 Å². The largest absolute Gasteiger partial charge is 0.434 e. The molecule has 0 spiro atoms. The molecule has 1 saturated heterocycles. The van der Waals surface area contributed by atoms with E-state index in [1.165, 1.54) is 0 Å². The molecule has 1 aliphatic heterocycles. The van der Waals surface area contributed by atoms with E-state index in [2.05, 4.69) is 10.1 Å². The maximum Gasteiger partial charge on any atom is 0.387 e. The molecular weight excluding hydrogens is 296 g/mol. The predicted molar refractivity (Wildman–Crippen MR) is 81.1 cm³/mol. The van der Waals surface area contributed by atoms with Crippen LogP contribution in [0.25, 0.3) is 0 Å². The molecule has 0 radical (unpaired) electrons. The number of hydrogen-bond donors (Lipinski definition) is 2. The molecule has 0 saturated carbocycles. The third-order valence-electron chi connectivity index (χ3n) is 3.67. The molecule has 0 bridgehead atoms. The number of aliphatic hydroxyl groups is 1. The molecule has 2 atom stereocenters. The minimum absolute atomic E-state index is 0.173. The number of aryl methyl sites for hydroxylation is 1. The number of halogens is 2. The molecule has 0 aromatic heterocycles. The summed E-state index contributed by atoms with van der Waals surface area (Å²) in [5.41, 5.74) is 0.965. The monoisotopic (exact) mass is 317 g/mol. The van der Waals surface area contributed by atoms with Crippen LogP contribution in [0, 0.1) is 6.92 Å². The van der Waals surface area contributed by atoms with Crippen molar-refractivity contribution >= 4 is 11.8 Å². The van der Waals surface area contributed by atoms with Crippen LogP contribution in [-0.2, 0) is 0 Å². The smallest absolute Gasteiger partial charge is 0.387 e. The van der Waals surface area contributed by atoms with Gasteiger partial charge in [0.25, 0.3) is 0 Å². The van der Waals surface area contributed by atoms with Crippen molar-refractivity contribution in [3.8, 4) is 5.75 Å². The number of rotatable bonds is 6. The highest BCUT2D eigenvalue weighted by Crippen LogP contribution is 2.30. The average Bonchev–Trinajstić information content (AvgIpc) is 2.85. The number of hydrogen-bond acceptors (Lipinski definition) is 4. The van der Waals surface area contributed by atoms with Crippen LogP contribution in [0.4, 0.5) is 8.78 Å². The van der Waals surface area contributed by atoms with Crippen LogP contribution in [-0.4, -0.2) is 35.4 Å². The van der Waals surface area contributed by atoms with Crippen molar-refractivity contribution in [1.82, 2.24) is 5.32 Å². The van der Waals surface area contributed by atoms with Gasteiger partial charge in [0.15, 0.2) is 0 Å². The molecule has 0 amide bonds. The summed E-state index contributed by atoms with van der Waals surface area (Å²) in [7, 11) is 0. The van der Waals surface area contributed by atoms with Crippen LogP contribution in [0.1, 0.15) is 30.5 Å². The Kier molecular flexibility index (Phi) is 5.46. The molecule has 2 rings (SSSR count). The van der Waals surface area contributed by atoms with Gasteiger partial charge in [0, 0.05) is 23.9 Å². The van der Waals surface area contributed by atoms with E-state index < -0.39 is 12.2 Å². The Morgan fingerprint density at radius 3 is 2.86 bits per heavy atom. The Morgan fingerprint density at radius 2 is 2.24 bits per heavy atom. The number of benzene rings is 1. The van der Waals surface area contributed by atoms with Gasteiger partial charge in [-0.05, 0) is 32.1 Å². The first-order valence-electron chi connectivity index (χ1n) is 6.98. The normalized spacial score (nSPS) is 23.5. The molecule has 2 unspecified atom stereocenters. The summed E-state index contributed by atoms with van der Waals surface area (Å²) in [6.07, 6.45) is 0.756. The van der Waals surface area contributed by atoms with Crippen LogP contribution < -0.4 is 10.1 Å². The summed E-state index contributed by atoms with van der Waals surface area (Å²) in [5.74, 6) is 1.85. The molecule has 1 aliphatic rings. The summed E-state index contributed by atoms with van der Waals surface area (Å²) in [5, 5.41) is 13.6. The maximum absolute atomic E-state index is 12.5. The summed E-state index contributed by atoms with van der Waals surface area (Å²) < 4.78 is 29.5. The number of nitrogens with one attached hydrogen (secondary N) is 1. The quantitative estimate of drug-likeness (QED) is 0.846. The van der Waals surface area contributed by atoms with Crippen LogP contribution in [0.2, 0.25) is 0 Å². The van der Waals surface area contributed by atoms with E-state index in [0.717, 1.165) is 17.7 Å². The second-order valence-electron chi connectivity index (χ2n) is 5.55. The van der Waals surface area contributed by atoms with E-state index >= 15 is 0 Å². The van der Waals surface area contributed by atoms with E-state index in [0.29, 0.717) is 17.9 Å². The van der Waals surface area contributed by atoms with Crippen LogP contribution in [0.3, 0.4) is 0 Å². The third kappa shape index (κ3) is 4.56. The van der Waals surface area contributed by atoms with Gasteiger partial charge in [-0.1, -0.05) is 17.7 Å². The van der Waals surface area contributed by atoms with Gasteiger partial charge in [0.1, 0.15) is 5.75 Å². The highest BCUT2D eigenvalue weighted by Gasteiger charge is 2.32. The fourth-order valence-corrected chi connectivity index (χ4v) is 3.69. The van der Waals surface area contributed by atoms with E-state index in [1.54, 1.807) is 23.9 Å². The minimum Gasteiger partial charge on any atom is -0.434 e. The van der Waals surface area contributed by atoms with Crippen molar-refractivity contribution in [2.75, 3.05) is 18.1 Å². The topological polar surface area (TPSA) is 41.5 Å². The first-order chi connectivity index (χ1) is 9.89. The summed E-state index contributed by atoms with van der Waals surface area (Å²) in [6.45, 7) is 1.40. The minimum atomic E-state index is -2.84. The fraction of sp³-hybridized carbons (Fsp3) is 0.600. The maximum atomic E-state index is 12.5. The van der Waals surface area contributed by atoms with Crippen molar-refractivity contribution in [1.29, 1.82) is 0 Å². The SMILES string of the molecule is Cc1ccc(OC(F)F)c(C(C)NCC2(O)CCSC2)c1. The predicted octanol–water partition coefficient (Wildman–Crippen LogP) is 3.12. The van der Waals surface area contributed by atoms with Crippen molar-refractivity contribution in [3.05, 3.63) is 29.3 Å². The van der Waals surface area contributed by atoms with Gasteiger partial charge in [0.2, 0.25) is 0 Å². The van der Waals surface area contributed by atoms with E-state index in [-0.39, 0.29) is 11.8 Å². The summed E-state index contributed by atoms with van der Waals surface area (Å²) >= 11 is 1.73. The van der Waals surface area contributed by atoms with Crippen molar-refractivity contribution < 1.29 is 18.6 Å². The fourth-order valence-electron chi connectivity index (χ4n) is 2.40. The van der Waals surface area contributed by atoms with Gasteiger partial charge in [-0.2, -0.15) is 20.5 Å². The van der Waals surface area contributed by atoms with Gasteiger partial charge in [-0.25, -0.2) is 0 Å². The van der Waals surface area contributed by atoms with Gasteiger partial charge in [-0.15, -0.1) is 0 Å². The molecule has 118 valence electrons. The standard InChI is InChI=1S/C15H21F2NO2S/c1-10-3-4-13(20-14(16)17)12(7-10)11(2)18-8-15(19)5-6-21-9-15/h3-4,7,11,14,18-19H,5-6,8-9H2,1-2H3. The van der Waals surface area contributed by atoms with Gasteiger partial charge in [0.05, 0.1) is 5.60 Å². The molecule has 0 aliphatic carbocycles. The highest BCUT2D eigenvalue weighted by molar-refractivity contribution is 7.99. The van der Waals surface area contributed by atoms with Crippen molar-refractivity contribution in [2.45, 2.75) is 38.5 Å². The summed E-state index contributed by atoms with van der Waals surface area (Å²) in [4.78, 5) is 0. The van der Waals surface area contributed by atoms with Crippen molar-refractivity contribution in [3.63, 3.8) is 0 Å². The molecule has 1 aromatic rings. The van der Waals surface area contributed by atoms with E-state index in [1.807, 2.05) is 19.9 Å². The van der Waals surface area contributed by atoms with Gasteiger partial charge >= 0.3 is 6.61 Å². The Labute approximate surface area is 128 Å². The highest BCUT2D eigenvalue weighted by atomic mass is 32.2. The van der Waals surface area contributed by atoms with Crippen LogP contribution >= 0.6 is 11.8 Å². The van der Waals surface area contributed by atoms with Crippen LogP contribution in [0.5, 0.6) is 5.75 Å². The molecule has 1 aromatic carbocycles. The molecule has 3 nitrogen and oxygen atoms in total. The zero-order chi connectivity index (χ0) is 15.5. The Hall–Kier alpha value is -0.850. The van der Waals surface area contributed by atoms with Crippen molar-refractivity contribution in [2.24, 2.45) is 0 Å². The third-order valence-corrected chi connectivity index (χ3v) is 4.90. The van der Waals surface area contributed by atoms with Crippen LogP contribution in [0.15, 0.2) is 18.2 Å². The van der Waals surface area contributed by atoms with Gasteiger partial charge < -0.3 is 15.2 Å². The first-order valence-corrected chi connectivity index (χ1v) is 8.14. The Morgan fingerprint density at radius 1 is 1.48 bits per heavy atom. The zero-order valence-corrected chi connectivity index (χ0v) is 13.1. The molecule has 2 N–H and O–H groups in total. The Bertz CT molecular complexity index is 479. The molecular formula is C15H21F2NO2S. The number of alkyl halides is 2. The zero-order valence-electron chi connectivity index (χ0n) is 12.2. The van der Waals surface area contributed by atoms with E-state index in [4.69, 9.17) is 0 Å². The van der Waals surface area contributed by atoms with E-state index in [9.17, 15) is 13.9 Å². The molecule has 1 fully saturated rings. The lowest BCUT2D eigenvalue weighted by Crippen LogP contribution is -2.41. The average molecular weight is 317 g/mol. The lowest BCUT2D eigenvalue weighted by atomic mass is 10.0. The number of ether oxygens (including phenoxy) is 1. The number of thioether (sulfide) groups is 1. The Balaban J connectivity index is 2.06. The molecule has 21 heavy (non-hydrogen) atoms.